The summed E-state index contributed by atoms with van der Waals surface area (Å²) in [7, 11) is 0. The Hall–Kier alpha value is -2.24. The molecule has 0 spiro atoms. The van der Waals surface area contributed by atoms with Crippen molar-refractivity contribution < 1.29 is 26.8 Å². The van der Waals surface area contributed by atoms with Gasteiger partial charge in [0.15, 0.2) is 0 Å². The van der Waals surface area contributed by atoms with E-state index in [-0.39, 0.29) is 19.0 Å². The summed E-state index contributed by atoms with van der Waals surface area (Å²) in [5.41, 5.74) is 8.79. The fraction of sp³-hybridized carbons (Fsp3) is 0.594. The maximum Gasteiger partial charge on any atom is 0.356 e. The van der Waals surface area contributed by atoms with Gasteiger partial charge in [-0.15, -0.1) is 0 Å². The van der Waals surface area contributed by atoms with Crippen LogP contribution in [0.4, 0.5) is 5.95 Å². The normalized spacial score (nSPS) is 11.9. The first kappa shape index (κ1) is 32.0. The van der Waals surface area contributed by atoms with E-state index in [1.54, 1.807) is 0 Å². The Bertz CT molecular complexity index is 1010. The van der Waals surface area contributed by atoms with Gasteiger partial charge in [-0.05, 0) is 30.7 Å². The quantitative estimate of drug-likeness (QED) is 0.164. The molecule has 1 aromatic heterocycles. The number of fused-ring (bicyclic) bond motifs is 1. The molecule has 0 aliphatic heterocycles. The average Bonchev–Trinajstić information content (AvgIpc) is 3.18. The predicted octanol–water partition coefficient (Wildman–Crippen LogP) is 4.44. The highest BCUT2D eigenvalue weighted by Crippen LogP contribution is 2.19. The van der Waals surface area contributed by atoms with Crippen LogP contribution >= 0.6 is 0 Å². The number of para-hydroxylation sites is 3. The van der Waals surface area contributed by atoms with E-state index < -0.39 is 6.10 Å². The number of nitrogens with zero attached hydrogens (tertiary/aromatic N) is 2. The minimum Gasteiger partial charge on any atom is -1.00 e. The SMILES string of the molecule is CCCCCCCCCCCCCCCCn1c(N)[n+](CC(O)COc2ccccc2)c2ccccc21.[Cl-]. The van der Waals surface area contributed by atoms with Crippen LogP contribution in [0.1, 0.15) is 96.8 Å². The van der Waals surface area contributed by atoms with Crippen LogP contribution in [-0.4, -0.2) is 22.4 Å². The summed E-state index contributed by atoms with van der Waals surface area (Å²) < 4.78 is 9.98. The topological polar surface area (TPSA) is 64.3 Å². The molecule has 212 valence electrons. The zero-order valence-corrected chi connectivity index (χ0v) is 24.3. The number of anilines is 1. The molecule has 0 amide bonds. The highest BCUT2D eigenvalue weighted by molar-refractivity contribution is 5.73. The number of unbranched alkanes of at least 4 members (excludes halogenated alkanes) is 13. The van der Waals surface area contributed by atoms with Gasteiger partial charge >= 0.3 is 5.95 Å². The van der Waals surface area contributed by atoms with Crippen molar-refractivity contribution in [2.24, 2.45) is 0 Å². The lowest BCUT2D eigenvalue weighted by Crippen LogP contribution is -3.00. The summed E-state index contributed by atoms with van der Waals surface area (Å²) in [5, 5.41) is 10.7. The number of aliphatic hydroxyl groups is 1. The molecule has 5 nitrogen and oxygen atoms in total. The Balaban J connectivity index is 0.00000507. The summed E-state index contributed by atoms with van der Waals surface area (Å²) in [6.45, 7) is 3.83. The molecule has 3 N–H and O–H groups in total. The van der Waals surface area contributed by atoms with Gasteiger partial charge in [0.25, 0.3) is 0 Å². The predicted molar refractivity (Wildman–Crippen MR) is 155 cm³/mol. The second-order valence-electron chi connectivity index (χ2n) is 10.5. The van der Waals surface area contributed by atoms with Gasteiger partial charge in [-0.3, -0.25) is 5.73 Å². The lowest BCUT2D eigenvalue weighted by Gasteiger charge is -2.12. The molecule has 0 saturated carbocycles. The van der Waals surface area contributed by atoms with Gasteiger partial charge in [0.2, 0.25) is 0 Å². The zero-order chi connectivity index (χ0) is 26.1. The van der Waals surface area contributed by atoms with Gasteiger partial charge in [-0.25, -0.2) is 9.13 Å². The summed E-state index contributed by atoms with van der Waals surface area (Å²) in [6.07, 6.45) is 18.4. The Morgan fingerprint density at radius 1 is 0.763 bits per heavy atom. The number of aliphatic hydroxyl groups excluding tert-OH is 1. The minimum absolute atomic E-state index is 0. The molecule has 0 aliphatic rings. The van der Waals surface area contributed by atoms with Crippen LogP contribution in [0.5, 0.6) is 5.75 Å². The number of halogens is 1. The zero-order valence-electron chi connectivity index (χ0n) is 23.5. The molecule has 6 heteroatoms. The molecule has 3 aromatic rings. The number of rotatable bonds is 20. The van der Waals surface area contributed by atoms with Gasteiger partial charge in [-0.2, -0.15) is 0 Å². The number of aromatic nitrogens is 2. The standard InChI is InChI=1S/C32H49N3O2.ClH/c1-2-3-4-5-6-7-8-9-10-11-12-13-14-20-25-34-30-23-18-19-24-31(30)35(32(34)33)26-28(36)27-37-29-21-16-15-17-22-29;/h15-19,21-24,28,33,36H,2-14,20,25-27H2,1H3;1H. The van der Waals surface area contributed by atoms with Crippen LogP contribution in [0.25, 0.3) is 11.0 Å². The number of hydrogen-bond acceptors (Lipinski definition) is 3. The molecule has 1 heterocycles. The monoisotopic (exact) mass is 543 g/mol. The Morgan fingerprint density at radius 2 is 1.29 bits per heavy atom. The third-order valence-corrected chi connectivity index (χ3v) is 7.33. The molecule has 0 aliphatic carbocycles. The lowest BCUT2D eigenvalue weighted by molar-refractivity contribution is -0.665. The van der Waals surface area contributed by atoms with Gasteiger partial charge < -0.3 is 22.3 Å². The van der Waals surface area contributed by atoms with E-state index in [1.165, 1.54) is 83.5 Å². The highest BCUT2D eigenvalue weighted by Gasteiger charge is 2.22. The van der Waals surface area contributed by atoms with Gasteiger partial charge in [0, 0.05) is 0 Å². The van der Waals surface area contributed by atoms with Crippen LogP contribution < -0.4 is 27.4 Å². The van der Waals surface area contributed by atoms with E-state index in [9.17, 15) is 5.11 Å². The largest absolute Gasteiger partial charge is 1.00 e. The molecule has 2 aromatic carbocycles. The highest BCUT2D eigenvalue weighted by atomic mass is 35.5. The Labute approximate surface area is 236 Å². The fourth-order valence-corrected chi connectivity index (χ4v) is 5.18. The van der Waals surface area contributed by atoms with Crippen molar-refractivity contribution in [2.75, 3.05) is 12.3 Å². The number of imidazole rings is 1. The summed E-state index contributed by atoms with van der Waals surface area (Å²) in [5.74, 6) is 1.47. The molecule has 0 fully saturated rings. The number of aryl methyl sites for hydroxylation is 1. The molecule has 3 rings (SSSR count). The second kappa shape index (κ2) is 18.9. The number of nitrogens with two attached hydrogens (primary N) is 1. The third-order valence-electron chi connectivity index (χ3n) is 7.33. The van der Waals surface area contributed by atoms with Crippen LogP contribution in [0.3, 0.4) is 0 Å². The van der Waals surface area contributed by atoms with E-state index >= 15 is 0 Å². The minimum atomic E-state index is -0.646. The van der Waals surface area contributed by atoms with Crippen molar-refractivity contribution in [2.45, 2.75) is 116 Å². The number of benzene rings is 2. The van der Waals surface area contributed by atoms with E-state index in [2.05, 4.69) is 29.7 Å². The number of nitrogen functional groups attached to an aromatic ring is 1. The van der Waals surface area contributed by atoms with Crippen LogP contribution in [0, 0.1) is 0 Å². The first-order valence-corrected chi connectivity index (χ1v) is 14.8. The average molecular weight is 544 g/mol. The van der Waals surface area contributed by atoms with E-state index in [0.717, 1.165) is 29.7 Å². The van der Waals surface area contributed by atoms with Crippen molar-refractivity contribution in [1.29, 1.82) is 0 Å². The van der Waals surface area contributed by atoms with Crippen LogP contribution in [0.2, 0.25) is 0 Å². The first-order chi connectivity index (χ1) is 18.2. The lowest BCUT2D eigenvalue weighted by atomic mass is 10.0. The smallest absolute Gasteiger partial charge is 0.356 e. The Morgan fingerprint density at radius 3 is 1.89 bits per heavy atom. The first-order valence-electron chi connectivity index (χ1n) is 14.8. The van der Waals surface area contributed by atoms with E-state index in [0.29, 0.717) is 12.5 Å². The molecule has 0 bridgehead atoms. The second-order valence-corrected chi connectivity index (χ2v) is 10.5. The Kier molecular flexibility index (Phi) is 15.9. The molecule has 38 heavy (non-hydrogen) atoms. The third kappa shape index (κ3) is 10.9. The molecular formula is C32H50ClN3O2. The molecule has 0 radical (unpaired) electrons. The molecule has 1 unspecified atom stereocenters. The van der Waals surface area contributed by atoms with Crippen LogP contribution in [0.15, 0.2) is 54.6 Å². The summed E-state index contributed by atoms with van der Waals surface area (Å²) in [6, 6.07) is 17.9. The van der Waals surface area contributed by atoms with Gasteiger partial charge in [0.1, 0.15) is 36.0 Å². The van der Waals surface area contributed by atoms with Crippen molar-refractivity contribution >= 4 is 17.0 Å². The van der Waals surface area contributed by atoms with Crippen molar-refractivity contribution in [3.05, 3.63) is 54.6 Å². The molecule has 0 saturated heterocycles. The summed E-state index contributed by atoms with van der Waals surface area (Å²) in [4.78, 5) is 0. The molecular weight excluding hydrogens is 494 g/mol. The van der Waals surface area contributed by atoms with Gasteiger partial charge in [0.05, 0.1) is 6.54 Å². The van der Waals surface area contributed by atoms with E-state index in [1.807, 2.05) is 41.0 Å². The maximum atomic E-state index is 10.7. The maximum absolute atomic E-state index is 10.7. The summed E-state index contributed by atoms with van der Waals surface area (Å²) >= 11 is 0. The van der Waals surface area contributed by atoms with Crippen LogP contribution in [-0.2, 0) is 13.1 Å². The van der Waals surface area contributed by atoms with Crippen molar-refractivity contribution in [3.63, 3.8) is 0 Å². The van der Waals surface area contributed by atoms with Crippen molar-refractivity contribution in [1.82, 2.24) is 4.57 Å². The number of hydrogen-bond donors (Lipinski definition) is 2. The number of ether oxygens (including phenoxy) is 1. The van der Waals surface area contributed by atoms with E-state index in [4.69, 9.17) is 10.5 Å². The van der Waals surface area contributed by atoms with Gasteiger partial charge in [-0.1, -0.05) is 121 Å². The molecule has 1 atom stereocenters. The fourth-order valence-electron chi connectivity index (χ4n) is 5.18. The van der Waals surface area contributed by atoms with Crippen molar-refractivity contribution in [3.8, 4) is 5.75 Å².